The summed E-state index contributed by atoms with van der Waals surface area (Å²) in [5, 5.41) is 0. The number of hydrogen-bond acceptors (Lipinski definition) is 3. The summed E-state index contributed by atoms with van der Waals surface area (Å²) in [6.45, 7) is 14.4. The number of carbonyl (C=O) groups is 1. The summed E-state index contributed by atoms with van der Waals surface area (Å²) in [6.07, 6.45) is 4.57. The van der Waals surface area contributed by atoms with Crippen molar-refractivity contribution in [1.82, 2.24) is 4.90 Å². The van der Waals surface area contributed by atoms with Crippen molar-refractivity contribution >= 4 is 5.97 Å². The fourth-order valence-corrected chi connectivity index (χ4v) is 2.26. The number of ether oxygens (including phenoxy) is 1. The molecule has 0 aliphatic carbocycles. The number of esters is 1. The van der Waals surface area contributed by atoms with Crippen LogP contribution in [0.3, 0.4) is 0 Å². The summed E-state index contributed by atoms with van der Waals surface area (Å²) < 4.78 is 5.43. The lowest BCUT2D eigenvalue weighted by molar-refractivity contribution is -0.155. The maximum Gasteiger partial charge on any atom is 0.323 e. The molecule has 0 amide bonds. The predicted octanol–water partition coefficient (Wildman–Crippen LogP) is 3.86. The van der Waals surface area contributed by atoms with Crippen LogP contribution in [-0.4, -0.2) is 36.1 Å². The Balaban J connectivity index is 4.76. The molecule has 0 aliphatic rings. The molecule has 0 aromatic carbocycles. The Labute approximate surface area is 119 Å². The second kappa shape index (κ2) is 10.2. The molecule has 1 unspecified atom stereocenters. The zero-order valence-electron chi connectivity index (χ0n) is 13.7. The van der Waals surface area contributed by atoms with Crippen molar-refractivity contribution in [3.63, 3.8) is 0 Å². The van der Waals surface area contributed by atoms with Gasteiger partial charge in [-0.05, 0) is 45.7 Å². The molecule has 0 N–H and O–H groups in total. The van der Waals surface area contributed by atoms with Gasteiger partial charge >= 0.3 is 5.97 Å². The predicted molar refractivity (Wildman–Crippen MR) is 81.2 cm³/mol. The molecule has 0 radical (unpaired) electrons. The van der Waals surface area contributed by atoms with Crippen molar-refractivity contribution in [3.05, 3.63) is 0 Å². The monoisotopic (exact) mass is 271 g/mol. The van der Waals surface area contributed by atoms with E-state index in [4.69, 9.17) is 4.74 Å². The van der Waals surface area contributed by atoms with Crippen LogP contribution in [-0.2, 0) is 9.53 Å². The van der Waals surface area contributed by atoms with Crippen molar-refractivity contribution < 1.29 is 9.53 Å². The smallest absolute Gasteiger partial charge is 0.323 e. The normalized spacial score (nSPS) is 13.3. The summed E-state index contributed by atoms with van der Waals surface area (Å²) in [5.74, 6) is 0.233. The Morgan fingerprint density at radius 1 is 1.00 bits per heavy atom. The van der Waals surface area contributed by atoms with Gasteiger partial charge in [-0.3, -0.25) is 9.69 Å². The van der Waals surface area contributed by atoms with E-state index in [9.17, 15) is 4.79 Å². The first kappa shape index (κ1) is 18.4. The van der Waals surface area contributed by atoms with Crippen molar-refractivity contribution in [2.75, 3.05) is 13.1 Å². The van der Waals surface area contributed by atoms with E-state index >= 15 is 0 Å². The van der Waals surface area contributed by atoms with Crippen LogP contribution in [0.4, 0.5) is 0 Å². The van der Waals surface area contributed by atoms with Crippen molar-refractivity contribution in [3.8, 4) is 0 Å². The lowest BCUT2D eigenvalue weighted by atomic mass is 10.0. The second-order valence-corrected chi connectivity index (χ2v) is 5.92. The Hall–Kier alpha value is -0.570. The van der Waals surface area contributed by atoms with Gasteiger partial charge in [0.2, 0.25) is 0 Å². The quantitative estimate of drug-likeness (QED) is 0.565. The summed E-state index contributed by atoms with van der Waals surface area (Å²) in [6, 6.07) is -0.0968. The summed E-state index contributed by atoms with van der Waals surface area (Å²) in [5.41, 5.74) is 0. The molecule has 0 aliphatic heterocycles. The third-order valence-corrected chi connectivity index (χ3v) is 3.22. The van der Waals surface area contributed by atoms with Gasteiger partial charge in [0.05, 0.1) is 6.10 Å². The maximum atomic E-state index is 12.3. The van der Waals surface area contributed by atoms with Crippen LogP contribution < -0.4 is 0 Å². The standard InChI is InChI=1S/C16H33NO2/c1-7-9-11-17(12-10-8-2)15(13(3)4)16(18)19-14(5)6/h13-15H,7-12H2,1-6H3. The van der Waals surface area contributed by atoms with Crippen LogP contribution in [0.2, 0.25) is 0 Å². The summed E-state index contributed by atoms with van der Waals surface area (Å²) in [7, 11) is 0. The van der Waals surface area contributed by atoms with Crippen LogP contribution in [0, 0.1) is 5.92 Å². The summed E-state index contributed by atoms with van der Waals surface area (Å²) >= 11 is 0. The molecule has 0 aromatic rings. The average Bonchev–Trinajstić information content (AvgIpc) is 2.30. The van der Waals surface area contributed by atoms with Crippen molar-refractivity contribution in [1.29, 1.82) is 0 Å². The van der Waals surface area contributed by atoms with Gasteiger partial charge in [0.25, 0.3) is 0 Å². The first-order valence-electron chi connectivity index (χ1n) is 7.88. The fourth-order valence-electron chi connectivity index (χ4n) is 2.26. The van der Waals surface area contributed by atoms with E-state index in [0.29, 0.717) is 5.92 Å². The second-order valence-electron chi connectivity index (χ2n) is 5.92. The van der Waals surface area contributed by atoms with Crippen LogP contribution in [0.5, 0.6) is 0 Å². The van der Waals surface area contributed by atoms with Crippen LogP contribution in [0.25, 0.3) is 0 Å². The van der Waals surface area contributed by atoms with Gasteiger partial charge in [-0.1, -0.05) is 40.5 Å². The van der Waals surface area contributed by atoms with Gasteiger partial charge in [-0.25, -0.2) is 0 Å². The number of rotatable bonds is 10. The largest absolute Gasteiger partial charge is 0.462 e. The topological polar surface area (TPSA) is 29.5 Å². The lowest BCUT2D eigenvalue weighted by Gasteiger charge is -2.33. The fraction of sp³-hybridized carbons (Fsp3) is 0.938. The highest BCUT2D eigenvalue weighted by atomic mass is 16.5. The Kier molecular flexibility index (Phi) is 9.94. The Morgan fingerprint density at radius 2 is 1.47 bits per heavy atom. The molecule has 3 heteroatoms. The molecule has 19 heavy (non-hydrogen) atoms. The van der Waals surface area contributed by atoms with Crippen LogP contribution >= 0.6 is 0 Å². The first-order chi connectivity index (χ1) is 8.93. The van der Waals surface area contributed by atoms with Gasteiger partial charge in [-0.2, -0.15) is 0 Å². The van der Waals surface area contributed by atoms with E-state index in [2.05, 4.69) is 32.6 Å². The third-order valence-electron chi connectivity index (χ3n) is 3.22. The minimum atomic E-state index is -0.0968. The molecule has 0 saturated heterocycles. The molecular formula is C16H33NO2. The first-order valence-corrected chi connectivity index (χ1v) is 7.88. The highest BCUT2D eigenvalue weighted by molar-refractivity contribution is 5.76. The van der Waals surface area contributed by atoms with E-state index < -0.39 is 0 Å². The Bertz CT molecular complexity index is 231. The molecule has 0 heterocycles. The minimum Gasteiger partial charge on any atom is -0.462 e. The molecule has 0 spiro atoms. The highest BCUT2D eigenvalue weighted by Gasteiger charge is 2.30. The average molecular weight is 271 g/mol. The van der Waals surface area contributed by atoms with Gasteiger partial charge in [0, 0.05) is 0 Å². The SMILES string of the molecule is CCCCN(CCCC)C(C(=O)OC(C)C)C(C)C. The van der Waals surface area contributed by atoms with Gasteiger partial charge in [0.15, 0.2) is 0 Å². The van der Waals surface area contributed by atoms with Crippen LogP contribution in [0.1, 0.15) is 67.2 Å². The zero-order valence-corrected chi connectivity index (χ0v) is 13.7. The van der Waals surface area contributed by atoms with Crippen molar-refractivity contribution in [2.24, 2.45) is 5.92 Å². The highest BCUT2D eigenvalue weighted by Crippen LogP contribution is 2.16. The lowest BCUT2D eigenvalue weighted by Crippen LogP contribution is -2.47. The molecular weight excluding hydrogens is 238 g/mol. The van der Waals surface area contributed by atoms with E-state index in [1.165, 1.54) is 0 Å². The zero-order chi connectivity index (χ0) is 14.8. The molecule has 3 nitrogen and oxygen atoms in total. The van der Waals surface area contributed by atoms with Gasteiger partial charge in [-0.15, -0.1) is 0 Å². The van der Waals surface area contributed by atoms with Gasteiger partial charge in [0.1, 0.15) is 6.04 Å². The maximum absolute atomic E-state index is 12.3. The molecule has 0 bridgehead atoms. The van der Waals surface area contributed by atoms with Gasteiger partial charge < -0.3 is 4.74 Å². The number of carbonyl (C=O) groups excluding carboxylic acids is 1. The van der Waals surface area contributed by atoms with E-state index in [0.717, 1.165) is 38.8 Å². The number of unbranched alkanes of at least 4 members (excludes halogenated alkanes) is 2. The molecule has 0 rings (SSSR count). The summed E-state index contributed by atoms with van der Waals surface area (Å²) in [4.78, 5) is 14.6. The minimum absolute atomic E-state index is 0.0343. The molecule has 0 saturated carbocycles. The molecule has 1 atom stereocenters. The number of nitrogens with zero attached hydrogens (tertiary/aromatic N) is 1. The van der Waals surface area contributed by atoms with E-state index in [1.807, 2.05) is 13.8 Å². The van der Waals surface area contributed by atoms with E-state index in [-0.39, 0.29) is 18.1 Å². The Morgan fingerprint density at radius 3 is 1.79 bits per heavy atom. The molecule has 0 fully saturated rings. The molecule has 114 valence electrons. The van der Waals surface area contributed by atoms with Crippen LogP contribution in [0.15, 0.2) is 0 Å². The van der Waals surface area contributed by atoms with Crippen molar-refractivity contribution in [2.45, 2.75) is 79.4 Å². The third kappa shape index (κ3) is 7.56. The number of hydrogen-bond donors (Lipinski definition) is 0. The van der Waals surface area contributed by atoms with E-state index in [1.54, 1.807) is 0 Å². The molecule has 0 aromatic heterocycles.